The fourth-order valence-corrected chi connectivity index (χ4v) is 6.73. The Labute approximate surface area is 221 Å². The maximum absolute atomic E-state index is 12.9. The Bertz CT molecular complexity index is 898. The van der Waals surface area contributed by atoms with Crippen LogP contribution in [0.4, 0.5) is 0 Å². The topological polar surface area (TPSA) is 85.3 Å². The molecule has 5 atom stereocenters. The Morgan fingerprint density at radius 1 is 1.11 bits per heavy atom. The minimum Gasteiger partial charge on any atom is -0.482 e. The summed E-state index contributed by atoms with van der Waals surface area (Å²) in [6.45, 7) is 4.41. The molecule has 1 aliphatic heterocycles. The molecule has 0 bridgehead atoms. The van der Waals surface area contributed by atoms with E-state index in [1.165, 1.54) is 12.7 Å². The molecule has 206 valence electrons. The van der Waals surface area contributed by atoms with E-state index in [-0.39, 0.29) is 30.7 Å². The Morgan fingerprint density at radius 3 is 2.68 bits per heavy atom. The number of fused-ring (bicyclic) bond motifs is 2. The normalized spacial score (nSPS) is 25.8. The highest BCUT2D eigenvalue weighted by Crippen LogP contribution is 2.49. The number of aliphatic hydroxyl groups is 1. The van der Waals surface area contributed by atoms with Gasteiger partial charge in [0.05, 0.1) is 19.8 Å². The van der Waals surface area contributed by atoms with E-state index in [2.05, 4.69) is 17.9 Å². The van der Waals surface area contributed by atoms with Crippen LogP contribution in [0, 0.1) is 17.8 Å². The molecule has 2 aliphatic carbocycles. The lowest BCUT2D eigenvalue weighted by molar-refractivity contribution is -0.152. The van der Waals surface area contributed by atoms with Crippen LogP contribution in [0.3, 0.4) is 0 Å². The van der Waals surface area contributed by atoms with Gasteiger partial charge in [0.25, 0.3) is 0 Å². The van der Waals surface area contributed by atoms with Crippen LogP contribution < -0.4 is 4.74 Å². The van der Waals surface area contributed by atoms with Crippen molar-refractivity contribution in [3.63, 3.8) is 0 Å². The number of rotatable bonds is 13. The largest absolute Gasteiger partial charge is 0.482 e. The number of esters is 2. The maximum atomic E-state index is 12.9. The van der Waals surface area contributed by atoms with E-state index in [1.807, 2.05) is 12.1 Å². The predicted molar refractivity (Wildman–Crippen MR) is 141 cm³/mol. The number of likely N-dealkylation sites (tertiary alicyclic amines) is 1. The van der Waals surface area contributed by atoms with E-state index in [0.717, 1.165) is 95.0 Å². The van der Waals surface area contributed by atoms with Gasteiger partial charge in [-0.3, -0.25) is 9.69 Å². The average Bonchev–Trinajstić information content (AvgIpc) is 3.51. The van der Waals surface area contributed by atoms with Gasteiger partial charge in [0.15, 0.2) is 6.61 Å². The van der Waals surface area contributed by atoms with Crippen molar-refractivity contribution in [1.29, 1.82) is 0 Å². The van der Waals surface area contributed by atoms with Gasteiger partial charge in [-0.1, -0.05) is 38.3 Å². The zero-order chi connectivity index (χ0) is 26.2. The molecule has 1 saturated heterocycles. The summed E-state index contributed by atoms with van der Waals surface area (Å²) < 4.78 is 16.7. The lowest BCUT2D eigenvalue weighted by Gasteiger charge is -2.33. The molecule has 5 unspecified atom stereocenters. The van der Waals surface area contributed by atoms with E-state index in [4.69, 9.17) is 14.2 Å². The minimum atomic E-state index is -0.394. The number of ether oxygens (including phenoxy) is 3. The van der Waals surface area contributed by atoms with Gasteiger partial charge in [0, 0.05) is 0 Å². The third kappa shape index (κ3) is 7.47. The van der Waals surface area contributed by atoms with Gasteiger partial charge in [-0.15, -0.1) is 0 Å². The standard InChI is InChI=1S/C30H45NO6/c1-3-4-5-10-23(32)12-13-24-25-16-21-9-8-11-27(36-20-30(34)35-2)26(21)17-22(25)18-28(24)37-29(33)19-31-14-6-7-15-31/h8-9,11,22-25,28,32H,3-7,10,12-20H2,1-2H3. The molecule has 3 aliphatic rings. The molecule has 0 spiro atoms. The smallest absolute Gasteiger partial charge is 0.343 e. The molecular weight excluding hydrogens is 470 g/mol. The second kappa shape index (κ2) is 13.6. The molecule has 1 aromatic rings. The lowest BCUT2D eigenvalue weighted by Crippen LogP contribution is -2.33. The summed E-state index contributed by atoms with van der Waals surface area (Å²) in [5.74, 6) is 1.30. The van der Waals surface area contributed by atoms with Crippen LogP contribution in [0.5, 0.6) is 5.75 Å². The van der Waals surface area contributed by atoms with Crippen LogP contribution in [-0.4, -0.2) is 67.5 Å². The number of benzene rings is 1. The third-order valence-corrected chi connectivity index (χ3v) is 8.70. The number of hydrogen-bond donors (Lipinski definition) is 1. The van der Waals surface area contributed by atoms with Gasteiger partial charge >= 0.3 is 11.9 Å². The fraction of sp³-hybridized carbons (Fsp3) is 0.733. The van der Waals surface area contributed by atoms with Gasteiger partial charge in [0.1, 0.15) is 11.9 Å². The number of carbonyl (C=O) groups excluding carboxylic acids is 2. The third-order valence-electron chi connectivity index (χ3n) is 8.70. The highest BCUT2D eigenvalue weighted by Gasteiger charge is 2.47. The summed E-state index contributed by atoms with van der Waals surface area (Å²) in [7, 11) is 1.36. The molecule has 7 heteroatoms. The van der Waals surface area contributed by atoms with Gasteiger partial charge < -0.3 is 19.3 Å². The fourth-order valence-electron chi connectivity index (χ4n) is 6.73. The van der Waals surface area contributed by atoms with Crippen LogP contribution in [0.2, 0.25) is 0 Å². The van der Waals surface area contributed by atoms with Crippen LogP contribution in [-0.2, 0) is 31.9 Å². The van der Waals surface area contributed by atoms with Crippen LogP contribution in [0.1, 0.15) is 75.8 Å². The van der Waals surface area contributed by atoms with Crippen LogP contribution >= 0.6 is 0 Å². The van der Waals surface area contributed by atoms with Gasteiger partial charge in [-0.05, 0) is 99.4 Å². The summed E-state index contributed by atoms with van der Waals surface area (Å²) in [5.41, 5.74) is 2.41. The van der Waals surface area contributed by atoms with Gasteiger partial charge in [-0.2, -0.15) is 0 Å². The molecule has 7 nitrogen and oxygen atoms in total. The SMILES string of the molecule is CCCCCC(O)CCC1C(OC(=O)CN2CCCC2)CC2Cc3c(cccc3OCC(=O)OC)CC21. The summed E-state index contributed by atoms with van der Waals surface area (Å²) in [6, 6.07) is 6.06. The van der Waals surface area contributed by atoms with E-state index < -0.39 is 5.97 Å². The lowest BCUT2D eigenvalue weighted by atomic mass is 9.73. The predicted octanol–water partition coefficient (Wildman–Crippen LogP) is 4.32. The summed E-state index contributed by atoms with van der Waals surface area (Å²) in [5, 5.41) is 10.6. The number of methoxy groups -OCH3 is 1. The average molecular weight is 516 g/mol. The zero-order valence-corrected chi connectivity index (χ0v) is 22.7. The Hall–Kier alpha value is -2.12. The molecule has 4 rings (SSSR count). The van der Waals surface area contributed by atoms with Gasteiger partial charge in [-0.25, -0.2) is 4.79 Å². The monoisotopic (exact) mass is 515 g/mol. The van der Waals surface area contributed by atoms with Crippen molar-refractivity contribution >= 4 is 11.9 Å². The van der Waals surface area contributed by atoms with Crippen molar-refractivity contribution in [2.75, 3.05) is 33.4 Å². The summed E-state index contributed by atoms with van der Waals surface area (Å²) >= 11 is 0. The first kappa shape index (κ1) is 27.9. The van der Waals surface area contributed by atoms with Crippen LogP contribution in [0.15, 0.2) is 18.2 Å². The molecule has 37 heavy (non-hydrogen) atoms. The highest BCUT2D eigenvalue weighted by atomic mass is 16.6. The summed E-state index contributed by atoms with van der Waals surface area (Å²) in [6.07, 6.45) is 10.4. The first-order chi connectivity index (χ1) is 18.0. The maximum Gasteiger partial charge on any atom is 0.343 e. The van der Waals surface area contributed by atoms with Crippen molar-refractivity contribution in [1.82, 2.24) is 4.90 Å². The second-order valence-corrected chi connectivity index (χ2v) is 11.2. The Kier molecular flexibility index (Phi) is 10.3. The van der Waals surface area contributed by atoms with E-state index in [0.29, 0.717) is 18.4 Å². The highest BCUT2D eigenvalue weighted by molar-refractivity contribution is 5.72. The van der Waals surface area contributed by atoms with Gasteiger partial charge in [0.2, 0.25) is 0 Å². The molecule has 1 N–H and O–H groups in total. The first-order valence-corrected chi connectivity index (χ1v) is 14.4. The quantitative estimate of drug-likeness (QED) is 0.309. The second-order valence-electron chi connectivity index (χ2n) is 11.2. The summed E-state index contributed by atoms with van der Waals surface area (Å²) in [4.78, 5) is 26.7. The molecule has 1 aromatic carbocycles. The van der Waals surface area contributed by atoms with Crippen molar-refractivity contribution in [3.05, 3.63) is 29.3 Å². The molecular formula is C30H45NO6. The van der Waals surface area contributed by atoms with Crippen LogP contribution in [0.25, 0.3) is 0 Å². The van der Waals surface area contributed by atoms with Crippen molar-refractivity contribution < 1.29 is 28.9 Å². The molecule has 0 radical (unpaired) electrons. The van der Waals surface area contributed by atoms with E-state index in [1.54, 1.807) is 0 Å². The molecule has 2 fully saturated rings. The number of hydrogen-bond acceptors (Lipinski definition) is 7. The van der Waals surface area contributed by atoms with Crippen molar-refractivity contribution in [2.24, 2.45) is 17.8 Å². The van der Waals surface area contributed by atoms with Crippen molar-refractivity contribution in [3.8, 4) is 5.75 Å². The number of unbranched alkanes of at least 4 members (excludes halogenated alkanes) is 2. The molecule has 1 heterocycles. The number of aliphatic hydroxyl groups excluding tert-OH is 1. The van der Waals surface area contributed by atoms with Crippen molar-refractivity contribution in [2.45, 2.75) is 89.8 Å². The molecule has 1 saturated carbocycles. The number of carbonyl (C=O) groups is 2. The van der Waals surface area contributed by atoms with E-state index in [9.17, 15) is 14.7 Å². The minimum absolute atomic E-state index is 0.101. The Morgan fingerprint density at radius 2 is 1.92 bits per heavy atom. The first-order valence-electron chi connectivity index (χ1n) is 14.4. The number of nitrogens with zero attached hydrogens (tertiary/aromatic N) is 1. The zero-order valence-electron chi connectivity index (χ0n) is 22.7. The molecule has 0 aromatic heterocycles. The van der Waals surface area contributed by atoms with E-state index >= 15 is 0 Å². The molecule has 0 amide bonds. The Balaban J connectivity index is 1.45.